The smallest absolute Gasteiger partial charge is 0.319 e. The first kappa shape index (κ1) is 12.0. The SMILES string of the molecule is N#CCCCNC(=O)Nc1cccc(F)c1. The third-order valence-corrected chi connectivity index (χ3v) is 1.83. The summed E-state index contributed by atoms with van der Waals surface area (Å²) >= 11 is 0. The molecule has 4 nitrogen and oxygen atoms in total. The number of nitrogens with one attached hydrogen (secondary N) is 2. The van der Waals surface area contributed by atoms with E-state index in [1.165, 1.54) is 18.2 Å². The maximum absolute atomic E-state index is 12.8. The topological polar surface area (TPSA) is 64.9 Å². The number of hydrogen-bond donors (Lipinski definition) is 2. The van der Waals surface area contributed by atoms with Crippen LogP contribution in [0.5, 0.6) is 0 Å². The van der Waals surface area contributed by atoms with Crippen molar-refractivity contribution in [1.82, 2.24) is 5.32 Å². The van der Waals surface area contributed by atoms with Crippen LogP contribution in [0.15, 0.2) is 24.3 Å². The van der Waals surface area contributed by atoms with Crippen LogP contribution in [0.2, 0.25) is 0 Å². The second-order valence-corrected chi connectivity index (χ2v) is 3.15. The van der Waals surface area contributed by atoms with Crippen molar-refractivity contribution < 1.29 is 9.18 Å². The van der Waals surface area contributed by atoms with Gasteiger partial charge in [0.05, 0.1) is 6.07 Å². The Bertz CT molecular complexity index is 400. The van der Waals surface area contributed by atoms with Gasteiger partial charge in [-0.2, -0.15) is 5.26 Å². The van der Waals surface area contributed by atoms with Gasteiger partial charge in [-0.25, -0.2) is 9.18 Å². The first-order chi connectivity index (χ1) is 7.72. The molecule has 5 heteroatoms. The monoisotopic (exact) mass is 221 g/mol. The fourth-order valence-electron chi connectivity index (χ4n) is 1.11. The molecule has 0 saturated carbocycles. The molecular weight excluding hydrogens is 209 g/mol. The Labute approximate surface area is 93.1 Å². The van der Waals surface area contributed by atoms with Crippen molar-refractivity contribution in [2.45, 2.75) is 12.8 Å². The average molecular weight is 221 g/mol. The Kier molecular flexibility index (Phi) is 4.80. The van der Waals surface area contributed by atoms with Crippen molar-refractivity contribution in [1.29, 1.82) is 5.26 Å². The standard InChI is InChI=1S/C11H12FN3O/c12-9-4-3-5-10(8-9)15-11(16)14-7-2-1-6-13/h3-5,8H,1-2,7H2,(H2,14,15,16). The van der Waals surface area contributed by atoms with Gasteiger partial charge in [-0.15, -0.1) is 0 Å². The van der Waals surface area contributed by atoms with E-state index >= 15 is 0 Å². The van der Waals surface area contributed by atoms with Crippen LogP contribution < -0.4 is 10.6 Å². The minimum absolute atomic E-state index is 0.400. The molecule has 2 amide bonds. The summed E-state index contributed by atoms with van der Waals surface area (Å²) in [7, 11) is 0. The normalized spacial score (nSPS) is 9.25. The van der Waals surface area contributed by atoms with Gasteiger partial charge in [-0.05, 0) is 24.6 Å². The molecular formula is C11H12FN3O. The van der Waals surface area contributed by atoms with E-state index in [0.29, 0.717) is 25.1 Å². The Morgan fingerprint density at radius 1 is 1.50 bits per heavy atom. The first-order valence-electron chi connectivity index (χ1n) is 4.90. The summed E-state index contributed by atoms with van der Waals surface area (Å²) in [4.78, 5) is 11.3. The molecule has 0 aliphatic heterocycles. The zero-order valence-electron chi connectivity index (χ0n) is 8.66. The molecule has 0 aliphatic carbocycles. The van der Waals surface area contributed by atoms with E-state index < -0.39 is 11.8 Å². The van der Waals surface area contributed by atoms with Gasteiger partial charge in [0.1, 0.15) is 5.82 Å². The second-order valence-electron chi connectivity index (χ2n) is 3.15. The fourth-order valence-corrected chi connectivity index (χ4v) is 1.11. The third-order valence-electron chi connectivity index (χ3n) is 1.83. The van der Waals surface area contributed by atoms with Gasteiger partial charge in [-0.1, -0.05) is 6.07 Å². The van der Waals surface area contributed by atoms with E-state index in [2.05, 4.69) is 10.6 Å². The lowest BCUT2D eigenvalue weighted by Crippen LogP contribution is -2.29. The number of hydrogen-bond acceptors (Lipinski definition) is 2. The molecule has 84 valence electrons. The highest BCUT2D eigenvalue weighted by molar-refractivity contribution is 5.89. The Morgan fingerprint density at radius 3 is 3.00 bits per heavy atom. The highest BCUT2D eigenvalue weighted by atomic mass is 19.1. The summed E-state index contributed by atoms with van der Waals surface area (Å²) in [5, 5.41) is 13.3. The van der Waals surface area contributed by atoms with Gasteiger partial charge in [0.25, 0.3) is 0 Å². The van der Waals surface area contributed by atoms with Crippen LogP contribution in [0.25, 0.3) is 0 Å². The highest BCUT2D eigenvalue weighted by Crippen LogP contribution is 2.08. The van der Waals surface area contributed by atoms with Gasteiger partial charge in [0.15, 0.2) is 0 Å². The summed E-state index contributed by atoms with van der Waals surface area (Å²) in [6.07, 6.45) is 1.01. The van der Waals surface area contributed by atoms with Crippen LogP contribution in [0.4, 0.5) is 14.9 Å². The first-order valence-corrected chi connectivity index (χ1v) is 4.90. The molecule has 0 aromatic heterocycles. The average Bonchev–Trinajstić information content (AvgIpc) is 2.24. The zero-order chi connectivity index (χ0) is 11.8. The van der Waals surface area contributed by atoms with Crippen molar-refractivity contribution in [2.75, 3.05) is 11.9 Å². The van der Waals surface area contributed by atoms with E-state index in [1.807, 2.05) is 6.07 Å². The molecule has 0 saturated heterocycles. The van der Waals surface area contributed by atoms with Gasteiger partial charge in [-0.3, -0.25) is 0 Å². The fraction of sp³-hybridized carbons (Fsp3) is 0.273. The van der Waals surface area contributed by atoms with E-state index in [-0.39, 0.29) is 0 Å². The number of carbonyl (C=O) groups excluding carboxylic acids is 1. The van der Waals surface area contributed by atoms with Crippen molar-refractivity contribution >= 4 is 11.7 Å². The predicted octanol–water partition coefficient (Wildman–Crippen LogP) is 2.25. The molecule has 0 radical (unpaired) electrons. The quantitative estimate of drug-likeness (QED) is 0.766. The van der Waals surface area contributed by atoms with Gasteiger partial charge >= 0.3 is 6.03 Å². The van der Waals surface area contributed by atoms with Crippen LogP contribution in [-0.2, 0) is 0 Å². The number of nitriles is 1. The van der Waals surface area contributed by atoms with Crippen LogP contribution in [-0.4, -0.2) is 12.6 Å². The van der Waals surface area contributed by atoms with Gasteiger partial charge in [0.2, 0.25) is 0 Å². The molecule has 0 bridgehead atoms. The molecule has 0 atom stereocenters. The maximum atomic E-state index is 12.8. The summed E-state index contributed by atoms with van der Waals surface area (Å²) in [5.74, 6) is -0.401. The van der Waals surface area contributed by atoms with Crippen LogP contribution in [0, 0.1) is 17.1 Å². The molecule has 1 rings (SSSR count). The number of anilines is 1. The van der Waals surface area contributed by atoms with Gasteiger partial charge < -0.3 is 10.6 Å². The summed E-state index contributed by atoms with van der Waals surface area (Å²) in [6, 6.07) is 7.22. The number of amides is 2. The molecule has 0 fully saturated rings. The number of halogens is 1. The summed E-state index contributed by atoms with van der Waals surface area (Å²) in [5.41, 5.74) is 0.401. The number of nitrogens with zero attached hydrogens (tertiary/aromatic N) is 1. The van der Waals surface area contributed by atoms with E-state index in [0.717, 1.165) is 0 Å². The second kappa shape index (κ2) is 6.40. The summed E-state index contributed by atoms with van der Waals surface area (Å²) < 4.78 is 12.8. The van der Waals surface area contributed by atoms with E-state index in [4.69, 9.17) is 5.26 Å². The summed E-state index contributed by atoms with van der Waals surface area (Å²) in [6.45, 7) is 0.425. The highest BCUT2D eigenvalue weighted by Gasteiger charge is 2.01. The lowest BCUT2D eigenvalue weighted by Gasteiger charge is -2.06. The predicted molar refractivity (Wildman–Crippen MR) is 58.3 cm³/mol. The molecule has 2 N–H and O–H groups in total. The number of carbonyl (C=O) groups is 1. The molecule has 0 heterocycles. The van der Waals surface area contributed by atoms with E-state index in [9.17, 15) is 9.18 Å². The molecule has 1 aromatic carbocycles. The van der Waals surface area contributed by atoms with E-state index in [1.54, 1.807) is 6.07 Å². The maximum Gasteiger partial charge on any atom is 0.319 e. The largest absolute Gasteiger partial charge is 0.338 e. The van der Waals surface area contributed by atoms with Crippen molar-refractivity contribution in [3.05, 3.63) is 30.1 Å². The zero-order valence-corrected chi connectivity index (χ0v) is 8.66. The van der Waals surface area contributed by atoms with Crippen molar-refractivity contribution in [3.63, 3.8) is 0 Å². The van der Waals surface area contributed by atoms with Crippen molar-refractivity contribution in [3.8, 4) is 6.07 Å². The van der Waals surface area contributed by atoms with Gasteiger partial charge in [0, 0.05) is 18.7 Å². The Hall–Kier alpha value is -2.09. The Balaban J connectivity index is 2.32. The third kappa shape index (κ3) is 4.42. The molecule has 1 aromatic rings. The number of rotatable bonds is 4. The van der Waals surface area contributed by atoms with Crippen LogP contribution >= 0.6 is 0 Å². The lowest BCUT2D eigenvalue weighted by atomic mass is 10.3. The number of unbranched alkanes of at least 4 members (excludes halogenated alkanes) is 1. The van der Waals surface area contributed by atoms with Crippen LogP contribution in [0.3, 0.4) is 0 Å². The number of urea groups is 1. The van der Waals surface area contributed by atoms with Crippen molar-refractivity contribution in [2.24, 2.45) is 0 Å². The minimum atomic E-state index is -0.401. The Morgan fingerprint density at radius 2 is 2.31 bits per heavy atom. The minimum Gasteiger partial charge on any atom is -0.338 e. The lowest BCUT2D eigenvalue weighted by molar-refractivity contribution is 0.252. The molecule has 0 spiro atoms. The molecule has 0 unspecified atom stereocenters. The molecule has 0 aliphatic rings. The van der Waals surface area contributed by atoms with Crippen LogP contribution in [0.1, 0.15) is 12.8 Å². The molecule has 16 heavy (non-hydrogen) atoms. The number of benzene rings is 1.